The third-order valence-corrected chi connectivity index (χ3v) is 1.91. The quantitative estimate of drug-likeness (QED) is 0.438. The molecule has 0 amide bonds. The van der Waals surface area contributed by atoms with Crippen LogP contribution in [0.2, 0.25) is 0 Å². The molecule has 0 bridgehead atoms. The van der Waals surface area contributed by atoms with Crippen molar-refractivity contribution in [3.05, 3.63) is 0 Å². The minimum atomic E-state index is 0.241. The molecule has 6 heavy (non-hydrogen) atoms. The van der Waals surface area contributed by atoms with Crippen molar-refractivity contribution in [1.29, 1.82) is 0 Å². The molecule has 0 heterocycles. The van der Waals surface area contributed by atoms with E-state index in [0.29, 0.717) is 0 Å². The molecule has 0 unspecified atom stereocenters. The molecule has 0 saturated carbocycles. The van der Waals surface area contributed by atoms with Crippen molar-refractivity contribution in [1.82, 2.24) is 0 Å². The molecule has 0 N–H and O–H groups in total. The molecule has 0 atom stereocenters. The van der Waals surface area contributed by atoms with Crippen LogP contribution in [0.15, 0.2) is 0 Å². The topological polar surface area (TPSA) is 17.1 Å². The van der Waals surface area contributed by atoms with Gasteiger partial charge in [0.1, 0.15) is 0 Å². The highest BCUT2D eigenvalue weighted by Gasteiger charge is 1.84. The average molecular weight is 120 g/mol. The molecule has 3 heteroatoms. The summed E-state index contributed by atoms with van der Waals surface area (Å²) in [6.45, 7) is 1.60. The first-order valence-corrected chi connectivity index (χ1v) is 4.30. The predicted molar refractivity (Wildman–Crippen MR) is 33.1 cm³/mol. The lowest BCUT2D eigenvalue weighted by molar-refractivity contribution is -0.109. The van der Waals surface area contributed by atoms with Gasteiger partial charge in [-0.15, -0.1) is 0 Å². The van der Waals surface area contributed by atoms with Gasteiger partial charge >= 0.3 is 0 Å². The van der Waals surface area contributed by atoms with Gasteiger partial charge in [0, 0.05) is 17.2 Å². The second-order valence-corrected chi connectivity index (χ2v) is 4.10. The molecule has 0 spiro atoms. The maximum Gasteiger partial charge on any atom is 0.185 e. The highest BCUT2D eigenvalue weighted by Crippen LogP contribution is 1.94. The molecule has 0 aliphatic rings. The predicted octanol–water partition coefficient (Wildman–Crippen LogP) is -0.411. The van der Waals surface area contributed by atoms with E-state index in [1.165, 1.54) is 11.8 Å². The molecule has 0 aromatic heterocycles. The fourth-order valence-corrected chi connectivity index (χ4v) is 1.83. The Morgan fingerprint density at radius 3 is 2.50 bits per heavy atom. The first kappa shape index (κ1) is 6.24. The van der Waals surface area contributed by atoms with Gasteiger partial charge in [-0.2, -0.15) is 0 Å². The van der Waals surface area contributed by atoms with Crippen molar-refractivity contribution < 1.29 is 4.79 Å². The standard InChI is InChI=1S/C3H8OSSi/c1-3(4)5-2-6/h2H2,1,6H3. The summed E-state index contributed by atoms with van der Waals surface area (Å²) in [7, 11) is 1.13. The molecule has 0 saturated heterocycles. The van der Waals surface area contributed by atoms with Gasteiger partial charge in [-0.25, -0.2) is 0 Å². The Labute approximate surface area is 44.9 Å². The number of carbonyl (C=O) groups is 1. The summed E-state index contributed by atoms with van der Waals surface area (Å²) in [6, 6.07) is 0. The summed E-state index contributed by atoms with van der Waals surface area (Å²) >= 11 is 1.41. The summed E-state index contributed by atoms with van der Waals surface area (Å²) in [5, 5.41) is 1.28. The van der Waals surface area contributed by atoms with Crippen molar-refractivity contribution in [3.63, 3.8) is 0 Å². The monoisotopic (exact) mass is 120 g/mol. The van der Waals surface area contributed by atoms with Crippen LogP contribution in [0.1, 0.15) is 6.92 Å². The normalized spacial score (nSPS) is 8.83. The van der Waals surface area contributed by atoms with E-state index in [0.717, 1.165) is 15.6 Å². The van der Waals surface area contributed by atoms with E-state index in [9.17, 15) is 4.79 Å². The minimum Gasteiger partial charge on any atom is -0.288 e. The molecule has 36 valence electrons. The van der Waals surface area contributed by atoms with Crippen molar-refractivity contribution >= 4 is 27.1 Å². The lowest BCUT2D eigenvalue weighted by Crippen LogP contribution is -1.82. The third kappa shape index (κ3) is 4.24. The second-order valence-electron chi connectivity index (χ2n) is 0.925. The van der Waals surface area contributed by atoms with E-state index in [1.807, 2.05) is 0 Å². The highest BCUT2D eigenvalue weighted by atomic mass is 32.2. The van der Waals surface area contributed by atoms with E-state index in [4.69, 9.17) is 0 Å². The SMILES string of the molecule is CC(=O)SC[SiH3]. The Balaban J connectivity index is 2.83. The van der Waals surface area contributed by atoms with Crippen LogP contribution in [0.25, 0.3) is 0 Å². The van der Waals surface area contributed by atoms with E-state index in [2.05, 4.69) is 0 Å². The van der Waals surface area contributed by atoms with Gasteiger partial charge in [0.05, 0.1) is 0 Å². The molecule has 0 fully saturated rings. The van der Waals surface area contributed by atoms with Crippen LogP contribution in [0.5, 0.6) is 0 Å². The first-order chi connectivity index (χ1) is 2.77. The summed E-state index contributed by atoms with van der Waals surface area (Å²) in [5.41, 5.74) is 0. The van der Waals surface area contributed by atoms with Gasteiger partial charge in [0.2, 0.25) is 0 Å². The van der Waals surface area contributed by atoms with Crippen molar-refractivity contribution in [2.45, 2.75) is 6.92 Å². The van der Waals surface area contributed by atoms with Crippen molar-refractivity contribution in [2.75, 3.05) is 5.38 Å². The Bertz CT molecular complexity index is 54.8. The fraction of sp³-hybridized carbons (Fsp3) is 0.667. The summed E-state index contributed by atoms with van der Waals surface area (Å²) in [6.07, 6.45) is 0. The molecule has 0 rings (SSSR count). The molecule has 0 aromatic rings. The lowest BCUT2D eigenvalue weighted by atomic mass is 10.9. The van der Waals surface area contributed by atoms with Crippen LogP contribution >= 0.6 is 11.8 Å². The van der Waals surface area contributed by atoms with Crippen LogP contribution in [0, 0.1) is 0 Å². The van der Waals surface area contributed by atoms with Crippen LogP contribution in [-0.4, -0.2) is 20.7 Å². The minimum absolute atomic E-state index is 0.241. The van der Waals surface area contributed by atoms with E-state index in [-0.39, 0.29) is 5.12 Å². The zero-order valence-corrected chi connectivity index (χ0v) is 6.84. The Hall–Kier alpha value is 0.237. The maximum atomic E-state index is 10.0. The van der Waals surface area contributed by atoms with Gasteiger partial charge in [0.25, 0.3) is 0 Å². The first-order valence-electron chi connectivity index (χ1n) is 1.90. The molecule has 0 aromatic carbocycles. The molecular weight excluding hydrogens is 112 g/mol. The van der Waals surface area contributed by atoms with E-state index < -0.39 is 0 Å². The molecule has 0 aliphatic heterocycles. The Morgan fingerprint density at radius 1 is 2.00 bits per heavy atom. The van der Waals surface area contributed by atoms with Gasteiger partial charge < -0.3 is 0 Å². The number of thioether (sulfide) groups is 1. The highest BCUT2D eigenvalue weighted by molar-refractivity contribution is 8.14. The number of hydrogen-bond acceptors (Lipinski definition) is 2. The molecule has 1 nitrogen and oxygen atoms in total. The van der Waals surface area contributed by atoms with E-state index in [1.54, 1.807) is 6.92 Å². The fourth-order valence-electron chi connectivity index (χ4n) is 0.203. The number of hydrogen-bond donors (Lipinski definition) is 0. The van der Waals surface area contributed by atoms with Crippen LogP contribution in [-0.2, 0) is 4.79 Å². The number of rotatable bonds is 1. The van der Waals surface area contributed by atoms with Crippen LogP contribution in [0.4, 0.5) is 0 Å². The summed E-state index contributed by atoms with van der Waals surface area (Å²) in [4.78, 5) is 10.0. The van der Waals surface area contributed by atoms with Crippen LogP contribution in [0.3, 0.4) is 0 Å². The second kappa shape index (κ2) is 3.43. The molecule has 0 aliphatic carbocycles. The van der Waals surface area contributed by atoms with Crippen molar-refractivity contribution in [3.8, 4) is 0 Å². The largest absolute Gasteiger partial charge is 0.288 e. The lowest BCUT2D eigenvalue weighted by Gasteiger charge is -1.80. The zero-order chi connectivity index (χ0) is 4.99. The van der Waals surface area contributed by atoms with Gasteiger partial charge in [0.15, 0.2) is 5.12 Å². The summed E-state index contributed by atoms with van der Waals surface area (Å²) < 4.78 is 0. The Kier molecular flexibility index (Phi) is 3.56. The van der Waals surface area contributed by atoms with Gasteiger partial charge in [-0.3, -0.25) is 4.79 Å². The number of carbonyl (C=O) groups excluding carboxylic acids is 1. The molecular formula is C3H8OSSi. The van der Waals surface area contributed by atoms with Crippen molar-refractivity contribution in [2.24, 2.45) is 0 Å². The third-order valence-electron chi connectivity index (χ3n) is 0.348. The zero-order valence-electron chi connectivity index (χ0n) is 4.02. The van der Waals surface area contributed by atoms with Gasteiger partial charge in [-0.05, 0) is 5.38 Å². The average Bonchev–Trinajstić information content (AvgIpc) is 1.35. The maximum absolute atomic E-state index is 10.0. The van der Waals surface area contributed by atoms with Crippen LogP contribution < -0.4 is 0 Å². The Morgan fingerprint density at radius 2 is 2.50 bits per heavy atom. The molecule has 0 radical (unpaired) electrons. The summed E-state index contributed by atoms with van der Waals surface area (Å²) in [5.74, 6) is 0. The van der Waals surface area contributed by atoms with Gasteiger partial charge in [-0.1, -0.05) is 11.8 Å². The van der Waals surface area contributed by atoms with E-state index >= 15 is 0 Å². The smallest absolute Gasteiger partial charge is 0.185 e.